The van der Waals surface area contributed by atoms with Gasteiger partial charge in [0.2, 0.25) is 0 Å². The summed E-state index contributed by atoms with van der Waals surface area (Å²) < 4.78 is 5.35. The third kappa shape index (κ3) is 3.99. The molecule has 3 nitrogen and oxygen atoms in total. The molecule has 0 amide bonds. The highest BCUT2D eigenvalue weighted by atomic mass is 16.4. The van der Waals surface area contributed by atoms with Gasteiger partial charge < -0.3 is 15.5 Å². The van der Waals surface area contributed by atoms with E-state index < -0.39 is 0 Å². The maximum absolute atomic E-state index is 5.62. The summed E-state index contributed by atoms with van der Waals surface area (Å²) in [5.41, 5.74) is 5.62. The van der Waals surface area contributed by atoms with Crippen molar-refractivity contribution in [3.8, 4) is 0 Å². The molecule has 0 aliphatic heterocycles. The smallest absolute Gasteiger partial charge is 0.193 e. The van der Waals surface area contributed by atoms with Crippen molar-refractivity contribution in [2.45, 2.75) is 32.7 Å². The highest BCUT2D eigenvalue weighted by Crippen LogP contribution is 2.11. The normalized spacial score (nSPS) is 12.8. The van der Waals surface area contributed by atoms with Crippen LogP contribution in [0.3, 0.4) is 0 Å². The van der Waals surface area contributed by atoms with Crippen LogP contribution in [0.2, 0.25) is 0 Å². The molecule has 1 aromatic heterocycles. The van der Waals surface area contributed by atoms with Gasteiger partial charge in [-0.2, -0.15) is 0 Å². The van der Waals surface area contributed by atoms with Gasteiger partial charge in [-0.15, -0.1) is 0 Å². The molecule has 74 valence electrons. The molecule has 1 rings (SSSR count). The van der Waals surface area contributed by atoms with E-state index in [0.717, 1.165) is 31.0 Å². The van der Waals surface area contributed by atoms with Crippen LogP contribution >= 0.6 is 0 Å². The zero-order valence-corrected chi connectivity index (χ0v) is 8.34. The second kappa shape index (κ2) is 4.92. The van der Waals surface area contributed by atoms with Crippen LogP contribution in [-0.2, 0) is 0 Å². The van der Waals surface area contributed by atoms with Gasteiger partial charge in [0.05, 0.1) is 0 Å². The van der Waals surface area contributed by atoms with E-state index in [1.165, 1.54) is 0 Å². The second-order valence-corrected chi connectivity index (χ2v) is 3.46. The molecular weight excluding hydrogens is 164 g/mol. The van der Waals surface area contributed by atoms with Crippen LogP contribution in [-0.4, -0.2) is 12.6 Å². The Morgan fingerprint density at radius 2 is 2.31 bits per heavy atom. The minimum atomic E-state index is 0.292. The molecule has 1 unspecified atom stereocenters. The Kier molecular flexibility index (Phi) is 3.83. The number of hydrogen-bond acceptors (Lipinski definition) is 3. The van der Waals surface area contributed by atoms with Crippen LogP contribution in [0.1, 0.15) is 25.5 Å². The predicted molar refractivity (Wildman–Crippen MR) is 54.8 cm³/mol. The summed E-state index contributed by atoms with van der Waals surface area (Å²) in [6.07, 6.45) is 2.13. The lowest BCUT2D eigenvalue weighted by Gasteiger charge is -2.05. The van der Waals surface area contributed by atoms with E-state index in [9.17, 15) is 0 Å². The highest BCUT2D eigenvalue weighted by Gasteiger charge is 1.97. The quantitative estimate of drug-likeness (QED) is 0.686. The van der Waals surface area contributed by atoms with Crippen molar-refractivity contribution in [1.82, 2.24) is 0 Å². The Balaban J connectivity index is 2.13. The average molecular weight is 182 g/mol. The first-order chi connectivity index (χ1) is 6.18. The van der Waals surface area contributed by atoms with E-state index in [4.69, 9.17) is 10.2 Å². The van der Waals surface area contributed by atoms with Gasteiger partial charge in [0.1, 0.15) is 5.76 Å². The fraction of sp³-hybridized carbons (Fsp3) is 0.600. The van der Waals surface area contributed by atoms with Crippen molar-refractivity contribution in [2.75, 3.05) is 11.9 Å². The van der Waals surface area contributed by atoms with Gasteiger partial charge in [-0.1, -0.05) is 0 Å². The molecule has 1 atom stereocenters. The molecular formula is C10H18N2O. The zero-order chi connectivity index (χ0) is 9.68. The van der Waals surface area contributed by atoms with E-state index in [1.807, 2.05) is 26.0 Å². The number of rotatable bonds is 5. The van der Waals surface area contributed by atoms with Gasteiger partial charge in [0.25, 0.3) is 0 Å². The fourth-order valence-electron chi connectivity index (χ4n) is 1.17. The number of hydrogen-bond donors (Lipinski definition) is 2. The van der Waals surface area contributed by atoms with Crippen molar-refractivity contribution in [3.05, 3.63) is 17.9 Å². The molecule has 0 saturated heterocycles. The van der Waals surface area contributed by atoms with Crippen LogP contribution in [0, 0.1) is 6.92 Å². The molecule has 3 N–H and O–H groups in total. The number of aryl methyl sites for hydroxylation is 1. The lowest BCUT2D eigenvalue weighted by atomic mass is 10.2. The summed E-state index contributed by atoms with van der Waals surface area (Å²) in [6, 6.07) is 4.19. The predicted octanol–water partition coefficient (Wildman–Crippen LogP) is 2.13. The van der Waals surface area contributed by atoms with Crippen LogP contribution < -0.4 is 11.1 Å². The highest BCUT2D eigenvalue weighted by molar-refractivity contribution is 5.31. The molecule has 0 aliphatic carbocycles. The topological polar surface area (TPSA) is 51.2 Å². The number of anilines is 1. The van der Waals surface area contributed by atoms with Gasteiger partial charge in [-0.25, -0.2) is 0 Å². The van der Waals surface area contributed by atoms with E-state index in [1.54, 1.807) is 0 Å². The SMILES string of the molecule is Cc1ccc(NCCCC(C)N)o1. The summed E-state index contributed by atoms with van der Waals surface area (Å²) in [5, 5.41) is 3.20. The molecule has 3 heteroatoms. The Labute approximate surface area is 79.3 Å². The van der Waals surface area contributed by atoms with Crippen LogP contribution in [0.5, 0.6) is 0 Å². The lowest BCUT2D eigenvalue weighted by molar-refractivity contribution is 0.542. The second-order valence-electron chi connectivity index (χ2n) is 3.46. The number of furan rings is 1. The first kappa shape index (κ1) is 10.1. The van der Waals surface area contributed by atoms with Gasteiger partial charge >= 0.3 is 0 Å². The van der Waals surface area contributed by atoms with Crippen molar-refractivity contribution >= 4 is 5.88 Å². The Morgan fingerprint density at radius 1 is 1.54 bits per heavy atom. The van der Waals surface area contributed by atoms with Gasteiger partial charge in [0, 0.05) is 18.7 Å². The fourth-order valence-corrected chi connectivity index (χ4v) is 1.17. The number of nitrogens with two attached hydrogens (primary N) is 1. The molecule has 0 aliphatic rings. The van der Waals surface area contributed by atoms with E-state index in [-0.39, 0.29) is 0 Å². The summed E-state index contributed by atoms with van der Waals surface area (Å²) >= 11 is 0. The average Bonchev–Trinajstić information content (AvgIpc) is 2.45. The monoisotopic (exact) mass is 182 g/mol. The molecule has 1 heterocycles. The maximum atomic E-state index is 5.62. The molecule has 1 aromatic rings. The van der Waals surface area contributed by atoms with Crippen LogP contribution in [0.15, 0.2) is 16.5 Å². The summed E-state index contributed by atoms with van der Waals surface area (Å²) in [6.45, 7) is 4.89. The third-order valence-electron chi connectivity index (χ3n) is 1.88. The summed E-state index contributed by atoms with van der Waals surface area (Å²) in [4.78, 5) is 0. The van der Waals surface area contributed by atoms with Gasteiger partial charge in [-0.3, -0.25) is 0 Å². The molecule has 0 bridgehead atoms. The standard InChI is InChI=1S/C10H18N2O/c1-8(11)4-3-7-12-10-6-5-9(2)13-10/h5-6,8,12H,3-4,7,11H2,1-2H3. The van der Waals surface area contributed by atoms with Crippen molar-refractivity contribution in [3.63, 3.8) is 0 Å². The largest absolute Gasteiger partial charge is 0.446 e. The molecule has 13 heavy (non-hydrogen) atoms. The Morgan fingerprint density at radius 3 is 2.85 bits per heavy atom. The molecule has 0 fully saturated rings. The minimum absolute atomic E-state index is 0.292. The number of nitrogens with one attached hydrogen (secondary N) is 1. The van der Waals surface area contributed by atoms with E-state index in [2.05, 4.69) is 5.32 Å². The van der Waals surface area contributed by atoms with Crippen LogP contribution in [0.4, 0.5) is 5.88 Å². The molecule has 0 radical (unpaired) electrons. The minimum Gasteiger partial charge on any atom is -0.446 e. The zero-order valence-electron chi connectivity index (χ0n) is 8.34. The van der Waals surface area contributed by atoms with Gasteiger partial charge in [0.15, 0.2) is 5.88 Å². The summed E-state index contributed by atoms with van der Waals surface area (Å²) in [7, 11) is 0. The first-order valence-electron chi connectivity index (χ1n) is 4.74. The van der Waals surface area contributed by atoms with Crippen LogP contribution in [0.25, 0.3) is 0 Å². The Bertz CT molecular complexity index is 243. The maximum Gasteiger partial charge on any atom is 0.193 e. The molecule has 0 aromatic carbocycles. The van der Waals surface area contributed by atoms with E-state index in [0.29, 0.717) is 6.04 Å². The van der Waals surface area contributed by atoms with Crippen molar-refractivity contribution in [2.24, 2.45) is 5.73 Å². The van der Waals surface area contributed by atoms with E-state index >= 15 is 0 Å². The summed E-state index contributed by atoms with van der Waals surface area (Å²) in [5.74, 6) is 1.79. The van der Waals surface area contributed by atoms with Crippen molar-refractivity contribution in [1.29, 1.82) is 0 Å². The molecule has 0 spiro atoms. The molecule has 0 saturated carbocycles. The van der Waals surface area contributed by atoms with Crippen molar-refractivity contribution < 1.29 is 4.42 Å². The Hall–Kier alpha value is -0.960. The lowest BCUT2D eigenvalue weighted by Crippen LogP contribution is -2.16. The first-order valence-corrected chi connectivity index (χ1v) is 4.74. The third-order valence-corrected chi connectivity index (χ3v) is 1.88. The van der Waals surface area contributed by atoms with Gasteiger partial charge in [-0.05, 0) is 32.8 Å².